The number of nitrogens with zero attached hydrogens (tertiary/aromatic N) is 3. The molecule has 0 aromatic carbocycles. The molecule has 0 bridgehead atoms. The van der Waals surface area contributed by atoms with Crippen LogP contribution >= 0.6 is 0 Å². The number of carbonyl (C=O) groups is 2. The van der Waals surface area contributed by atoms with E-state index in [2.05, 4.69) is 4.98 Å². The van der Waals surface area contributed by atoms with Crippen molar-refractivity contribution in [2.45, 2.75) is 51.9 Å². The Labute approximate surface area is 173 Å². The SMILES string of the molecule is Cc1cc(C(=O)N2CC(CCC(=O)N3CCOCC3)C3(CCCCC3)C2)ccn1. The van der Waals surface area contributed by atoms with Crippen LogP contribution in [-0.2, 0) is 9.53 Å². The first-order valence-electron chi connectivity index (χ1n) is 11.1. The van der Waals surface area contributed by atoms with E-state index < -0.39 is 0 Å². The fourth-order valence-electron chi connectivity index (χ4n) is 5.54. The van der Waals surface area contributed by atoms with Gasteiger partial charge in [0.15, 0.2) is 0 Å². The summed E-state index contributed by atoms with van der Waals surface area (Å²) in [5.41, 5.74) is 1.80. The van der Waals surface area contributed by atoms with Crippen LogP contribution in [0, 0.1) is 18.3 Å². The van der Waals surface area contributed by atoms with Crippen LogP contribution in [0.15, 0.2) is 18.3 Å². The lowest BCUT2D eigenvalue weighted by Gasteiger charge is -2.38. The maximum atomic E-state index is 13.2. The highest BCUT2D eigenvalue weighted by Gasteiger charge is 2.48. The van der Waals surface area contributed by atoms with Crippen molar-refractivity contribution in [3.05, 3.63) is 29.6 Å². The van der Waals surface area contributed by atoms with Crippen molar-refractivity contribution in [3.63, 3.8) is 0 Å². The highest BCUT2D eigenvalue weighted by molar-refractivity contribution is 5.94. The number of ether oxygens (including phenoxy) is 1. The van der Waals surface area contributed by atoms with Gasteiger partial charge in [0, 0.05) is 50.1 Å². The van der Waals surface area contributed by atoms with Crippen LogP contribution < -0.4 is 0 Å². The van der Waals surface area contributed by atoms with Crippen molar-refractivity contribution < 1.29 is 14.3 Å². The maximum absolute atomic E-state index is 13.2. The third kappa shape index (κ3) is 4.47. The summed E-state index contributed by atoms with van der Waals surface area (Å²) in [5, 5.41) is 0. The van der Waals surface area contributed by atoms with Gasteiger partial charge in [-0.25, -0.2) is 0 Å². The van der Waals surface area contributed by atoms with E-state index in [1.54, 1.807) is 6.20 Å². The molecule has 4 rings (SSSR count). The van der Waals surface area contributed by atoms with Gasteiger partial charge in [-0.3, -0.25) is 14.6 Å². The molecule has 0 N–H and O–H groups in total. The second-order valence-corrected chi connectivity index (χ2v) is 9.02. The average Bonchev–Trinajstić information content (AvgIpc) is 3.10. The predicted octanol–water partition coefficient (Wildman–Crippen LogP) is 3.05. The van der Waals surface area contributed by atoms with Gasteiger partial charge in [-0.05, 0) is 49.7 Å². The fraction of sp³-hybridized carbons (Fsp3) is 0.696. The van der Waals surface area contributed by atoms with Gasteiger partial charge < -0.3 is 14.5 Å². The number of hydrogen-bond acceptors (Lipinski definition) is 4. The Hall–Kier alpha value is -1.95. The lowest BCUT2D eigenvalue weighted by atomic mass is 9.66. The smallest absolute Gasteiger partial charge is 0.254 e. The number of amides is 2. The van der Waals surface area contributed by atoms with Gasteiger partial charge in [-0.1, -0.05) is 19.3 Å². The predicted molar refractivity (Wildman–Crippen MR) is 111 cm³/mol. The third-order valence-corrected chi connectivity index (χ3v) is 7.16. The van der Waals surface area contributed by atoms with E-state index in [9.17, 15) is 9.59 Å². The van der Waals surface area contributed by atoms with Gasteiger partial charge in [0.05, 0.1) is 13.2 Å². The molecule has 1 unspecified atom stereocenters. The number of aromatic nitrogens is 1. The molecule has 1 atom stereocenters. The third-order valence-electron chi connectivity index (χ3n) is 7.16. The van der Waals surface area contributed by atoms with E-state index in [4.69, 9.17) is 4.74 Å². The lowest BCUT2D eigenvalue weighted by Crippen LogP contribution is -2.41. The number of rotatable bonds is 4. The van der Waals surface area contributed by atoms with Crippen LogP contribution in [0.1, 0.15) is 61.0 Å². The summed E-state index contributed by atoms with van der Waals surface area (Å²) in [5.74, 6) is 0.774. The average molecular weight is 400 g/mol. The number of aryl methyl sites for hydroxylation is 1. The number of hydrogen-bond donors (Lipinski definition) is 0. The molecule has 3 heterocycles. The number of carbonyl (C=O) groups excluding carboxylic acids is 2. The molecular weight excluding hydrogens is 366 g/mol. The summed E-state index contributed by atoms with van der Waals surface area (Å²) in [4.78, 5) is 34.1. The molecule has 1 aromatic heterocycles. The Balaban J connectivity index is 1.44. The van der Waals surface area contributed by atoms with Gasteiger partial charge >= 0.3 is 0 Å². The molecule has 2 saturated heterocycles. The van der Waals surface area contributed by atoms with E-state index in [0.717, 1.165) is 30.8 Å². The number of likely N-dealkylation sites (tertiary alicyclic amines) is 1. The summed E-state index contributed by atoms with van der Waals surface area (Å²) in [6.45, 7) is 6.24. The zero-order chi connectivity index (χ0) is 20.3. The molecular formula is C23H33N3O3. The van der Waals surface area contributed by atoms with E-state index in [0.29, 0.717) is 38.6 Å². The largest absolute Gasteiger partial charge is 0.378 e. The molecule has 2 amide bonds. The Kier molecular flexibility index (Phi) is 6.18. The van der Waals surface area contributed by atoms with Crippen LogP contribution in [-0.4, -0.2) is 66.0 Å². The first-order valence-corrected chi connectivity index (χ1v) is 11.1. The first-order chi connectivity index (χ1) is 14.1. The Morgan fingerprint density at radius 3 is 2.66 bits per heavy atom. The first kappa shape index (κ1) is 20.3. The van der Waals surface area contributed by atoms with Crippen molar-refractivity contribution in [2.75, 3.05) is 39.4 Å². The summed E-state index contributed by atoms with van der Waals surface area (Å²) in [6, 6.07) is 3.70. The van der Waals surface area contributed by atoms with Gasteiger partial charge in [0.25, 0.3) is 5.91 Å². The zero-order valence-electron chi connectivity index (χ0n) is 17.6. The van der Waals surface area contributed by atoms with Gasteiger partial charge in [-0.2, -0.15) is 0 Å². The van der Waals surface area contributed by atoms with Gasteiger partial charge in [-0.15, -0.1) is 0 Å². The van der Waals surface area contributed by atoms with Crippen molar-refractivity contribution in [1.82, 2.24) is 14.8 Å². The zero-order valence-corrected chi connectivity index (χ0v) is 17.6. The van der Waals surface area contributed by atoms with E-state index in [1.165, 1.54) is 32.1 Å². The minimum absolute atomic E-state index is 0.113. The lowest BCUT2D eigenvalue weighted by molar-refractivity contribution is -0.135. The van der Waals surface area contributed by atoms with Crippen molar-refractivity contribution in [1.29, 1.82) is 0 Å². The molecule has 1 aliphatic carbocycles. The molecule has 6 nitrogen and oxygen atoms in total. The van der Waals surface area contributed by atoms with Crippen LogP contribution in [0.4, 0.5) is 0 Å². The monoisotopic (exact) mass is 399 g/mol. The number of morpholine rings is 1. The van der Waals surface area contributed by atoms with Crippen LogP contribution in [0.2, 0.25) is 0 Å². The highest BCUT2D eigenvalue weighted by Crippen LogP contribution is 2.49. The second-order valence-electron chi connectivity index (χ2n) is 9.02. The summed E-state index contributed by atoms with van der Waals surface area (Å²) in [7, 11) is 0. The standard InChI is InChI=1S/C23H33N3O3/c1-18-15-19(7-10-24-18)22(28)26-16-20(23(17-26)8-3-2-4-9-23)5-6-21(27)25-11-13-29-14-12-25/h7,10,15,20H,2-6,8-9,11-14,16-17H2,1H3. The molecule has 3 fully saturated rings. The highest BCUT2D eigenvalue weighted by atomic mass is 16.5. The molecule has 1 aromatic rings. The van der Waals surface area contributed by atoms with Crippen LogP contribution in [0.25, 0.3) is 0 Å². The molecule has 158 valence electrons. The minimum atomic E-state index is 0.113. The van der Waals surface area contributed by atoms with Crippen molar-refractivity contribution in [3.8, 4) is 0 Å². The fourth-order valence-corrected chi connectivity index (χ4v) is 5.54. The van der Waals surface area contributed by atoms with E-state index >= 15 is 0 Å². The summed E-state index contributed by atoms with van der Waals surface area (Å²) in [6.07, 6.45) is 9.32. The quantitative estimate of drug-likeness (QED) is 0.781. The van der Waals surface area contributed by atoms with Crippen molar-refractivity contribution in [2.24, 2.45) is 11.3 Å². The Morgan fingerprint density at radius 1 is 1.17 bits per heavy atom. The molecule has 1 spiro atoms. The molecule has 1 saturated carbocycles. The summed E-state index contributed by atoms with van der Waals surface area (Å²) < 4.78 is 5.37. The normalized spacial score (nSPS) is 24.1. The molecule has 2 aliphatic heterocycles. The van der Waals surface area contributed by atoms with E-state index in [1.807, 2.05) is 28.9 Å². The molecule has 6 heteroatoms. The minimum Gasteiger partial charge on any atom is -0.378 e. The molecule has 0 radical (unpaired) electrons. The second kappa shape index (κ2) is 8.82. The maximum Gasteiger partial charge on any atom is 0.254 e. The molecule has 29 heavy (non-hydrogen) atoms. The number of pyridine rings is 1. The van der Waals surface area contributed by atoms with Gasteiger partial charge in [0.2, 0.25) is 5.91 Å². The Bertz CT molecular complexity index is 739. The van der Waals surface area contributed by atoms with Crippen LogP contribution in [0.3, 0.4) is 0 Å². The summed E-state index contributed by atoms with van der Waals surface area (Å²) >= 11 is 0. The van der Waals surface area contributed by atoms with Crippen molar-refractivity contribution >= 4 is 11.8 Å². The molecule has 3 aliphatic rings. The van der Waals surface area contributed by atoms with Crippen LogP contribution in [0.5, 0.6) is 0 Å². The van der Waals surface area contributed by atoms with Gasteiger partial charge in [0.1, 0.15) is 0 Å². The topological polar surface area (TPSA) is 62.7 Å². The Morgan fingerprint density at radius 2 is 1.93 bits per heavy atom. The van der Waals surface area contributed by atoms with E-state index in [-0.39, 0.29) is 17.2 Å².